The molecule has 144 valence electrons. The molecule has 0 aliphatic heterocycles. The van der Waals surface area contributed by atoms with Crippen LogP contribution in [0.15, 0.2) is 60.8 Å². The number of anilines is 2. The average molecular weight is 386 g/mol. The quantitative estimate of drug-likeness (QED) is 0.540. The molecule has 4 rings (SSSR count). The Balaban J connectivity index is 1.58. The smallest absolute Gasteiger partial charge is 0.269 e. The number of carbonyl (C=O) groups is 1. The van der Waals surface area contributed by atoms with Crippen molar-refractivity contribution in [2.75, 3.05) is 12.4 Å². The molecular weight excluding hydrogens is 368 g/mol. The maximum Gasteiger partial charge on any atom is 0.269 e. The van der Waals surface area contributed by atoms with Gasteiger partial charge in [-0.05, 0) is 37.3 Å². The fourth-order valence-electron chi connectivity index (χ4n) is 2.66. The maximum absolute atomic E-state index is 11.7. The minimum absolute atomic E-state index is 0.277. The van der Waals surface area contributed by atoms with Crippen molar-refractivity contribution in [1.82, 2.24) is 25.5 Å². The molecule has 29 heavy (non-hydrogen) atoms. The fraction of sp³-hybridized carbons (Fsp3) is 0.0952. The van der Waals surface area contributed by atoms with Crippen molar-refractivity contribution in [2.45, 2.75) is 6.92 Å². The molecule has 0 fully saturated rings. The van der Waals surface area contributed by atoms with E-state index in [0.29, 0.717) is 28.5 Å². The number of amides is 1. The molecular formula is C21H18N6O2. The lowest BCUT2D eigenvalue weighted by molar-refractivity contribution is 0.0958. The van der Waals surface area contributed by atoms with Gasteiger partial charge >= 0.3 is 0 Å². The summed E-state index contributed by atoms with van der Waals surface area (Å²) in [6.07, 6.45) is 1.52. The van der Waals surface area contributed by atoms with Crippen LogP contribution >= 0.6 is 0 Å². The number of nitrogens with zero attached hydrogens (tertiary/aromatic N) is 4. The Bertz CT molecular complexity index is 1180. The Kier molecular flexibility index (Phi) is 4.98. The molecule has 0 bridgehead atoms. The van der Waals surface area contributed by atoms with E-state index in [2.05, 4.69) is 30.8 Å². The first-order valence-corrected chi connectivity index (χ1v) is 8.95. The van der Waals surface area contributed by atoms with Crippen molar-refractivity contribution in [3.8, 4) is 11.5 Å². The van der Waals surface area contributed by atoms with E-state index < -0.39 is 0 Å². The summed E-state index contributed by atoms with van der Waals surface area (Å²) < 4.78 is 5.86. The Morgan fingerprint density at radius 3 is 2.52 bits per heavy atom. The van der Waals surface area contributed by atoms with E-state index in [9.17, 15) is 4.79 Å². The van der Waals surface area contributed by atoms with Gasteiger partial charge in [0.25, 0.3) is 5.91 Å². The van der Waals surface area contributed by atoms with Crippen LogP contribution in [-0.2, 0) is 0 Å². The van der Waals surface area contributed by atoms with Crippen LogP contribution in [-0.4, -0.2) is 33.1 Å². The largest absolute Gasteiger partial charge is 0.457 e. The van der Waals surface area contributed by atoms with Gasteiger partial charge in [0.1, 0.15) is 22.7 Å². The molecule has 0 saturated heterocycles. The third-order valence-corrected chi connectivity index (χ3v) is 4.16. The molecule has 2 heterocycles. The molecule has 0 aliphatic rings. The van der Waals surface area contributed by atoms with Crippen LogP contribution in [0.1, 0.15) is 16.1 Å². The lowest BCUT2D eigenvalue weighted by atomic mass is 10.2. The van der Waals surface area contributed by atoms with Gasteiger partial charge in [-0.1, -0.05) is 17.7 Å². The second-order valence-corrected chi connectivity index (χ2v) is 6.33. The Hall–Kier alpha value is -4.07. The van der Waals surface area contributed by atoms with Crippen LogP contribution in [0.3, 0.4) is 0 Å². The van der Waals surface area contributed by atoms with Crippen molar-refractivity contribution >= 4 is 28.6 Å². The van der Waals surface area contributed by atoms with Gasteiger partial charge in [-0.2, -0.15) is 0 Å². The molecule has 0 aliphatic carbocycles. The molecule has 1 amide bonds. The number of aryl methyl sites for hydroxylation is 1. The molecule has 0 unspecified atom stereocenters. The molecule has 0 saturated carbocycles. The van der Waals surface area contributed by atoms with E-state index in [1.54, 1.807) is 37.4 Å². The highest BCUT2D eigenvalue weighted by atomic mass is 16.5. The van der Waals surface area contributed by atoms with Gasteiger partial charge in [0.05, 0.1) is 5.52 Å². The van der Waals surface area contributed by atoms with Crippen LogP contribution in [0, 0.1) is 6.92 Å². The van der Waals surface area contributed by atoms with E-state index >= 15 is 0 Å². The van der Waals surface area contributed by atoms with E-state index in [1.165, 1.54) is 11.8 Å². The van der Waals surface area contributed by atoms with Crippen molar-refractivity contribution < 1.29 is 9.53 Å². The fourth-order valence-corrected chi connectivity index (χ4v) is 2.66. The van der Waals surface area contributed by atoms with E-state index in [-0.39, 0.29) is 11.6 Å². The number of hydrogen-bond acceptors (Lipinski definition) is 7. The molecule has 8 heteroatoms. The number of fused-ring (bicyclic) bond motifs is 1. The van der Waals surface area contributed by atoms with Crippen LogP contribution < -0.4 is 15.4 Å². The van der Waals surface area contributed by atoms with Gasteiger partial charge in [0, 0.05) is 31.1 Å². The summed E-state index contributed by atoms with van der Waals surface area (Å²) >= 11 is 0. The zero-order valence-electron chi connectivity index (χ0n) is 15.9. The number of ether oxygens (including phenoxy) is 1. The monoisotopic (exact) mass is 386 g/mol. The second kappa shape index (κ2) is 7.89. The number of pyridine rings is 1. The first-order valence-electron chi connectivity index (χ1n) is 8.95. The van der Waals surface area contributed by atoms with Gasteiger partial charge in [-0.25, -0.2) is 4.98 Å². The maximum atomic E-state index is 11.7. The summed E-state index contributed by atoms with van der Waals surface area (Å²) in [5, 5.41) is 14.0. The van der Waals surface area contributed by atoms with E-state index in [0.717, 1.165) is 5.69 Å². The first-order chi connectivity index (χ1) is 14.1. The molecule has 2 aromatic carbocycles. The lowest BCUT2D eigenvalue weighted by Gasteiger charge is -2.08. The predicted molar refractivity (Wildman–Crippen MR) is 109 cm³/mol. The van der Waals surface area contributed by atoms with Gasteiger partial charge in [-0.15, -0.1) is 10.2 Å². The third kappa shape index (κ3) is 4.27. The number of carbonyl (C=O) groups excluding carboxylic acids is 1. The highest BCUT2D eigenvalue weighted by Gasteiger charge is 2.08. The standard InChI is InChI=1S/C21H18N6O2/c1-13-3-5-14(6-4-13)24-21-25-18-11-15(7-8-17(18)26-27-21)29-16-9-10-23-19(12-16)20(28)22-2/h3-12H,1-2H3,(H,22,28)(H,24,25,27). The summed E-state index contributed by atoms with van der Waals surface area (Å²) in [4.78, 5) is 20.3. The summed E-state index contributed by atoms with van der Waals surface area (Å²) in [6, 6.07) is 16.5. The van der Waals surface area contributed by atoms with Crippen LogP contribution in [0.5, 0.6) is 11.5 Å². The van der Waals surface area contributed by atoms with Crippen LogP contribution in [0.4, 0.5) is 11.6 Å². The highest BCUT2D eigenvalue weighted by molar-refractivity contribution is 5.92. The third-order valence-electron chi connectivity index (χ3n) is 4.16. The Morgan fingerprint density at radius 1 is 0.931 bits per heavy atom. The van der Waals surface area contributed by atoms with Crippen molar-refractivity contribution in [2.24, 2.45) is 0 Å². The minimum atomic E-state index is -0.280. The molecule has 0 radical (unpaired) electrons. The predicted octanol–water partition coefficient (Wildman–Crippen LogP) is 3.62. The van der Waals surface area contributed by atoms with Crippen molar-refractivity contribution in [1.29, 1.82) is 0 Å². The summed E-state index contributed by atoms with van der Waals surface area (Å²) in [7, 11) is 1.55. The van der Waals surface area contributed by atoms with Gasteiger partial charge in [0.2, 0.25) is 5.95 Å². The zero-order valence-corrected chi connectivity index (χ0v) is 15.9. The Labute approximate surface area is 167 Å². The molecule has 2 aromatic heterocycles. The normalized spacial score (nSPS) is 10.6. The van der Waals surface area contributed by atoms with Gasteiger partial charge in [0.15, 0.2) is 0 Å². The van der Waals surface area contributed by atoms with Crippen molar-refractivity contribution in [3.63, 3.8) is 0 Å². The number of nitrogens with one attached hydrogen (secondary N) is 2. The van der Waals surface area contributed by atoms with Crippen LogP contribution in [0.25, 0.3) is 11.0 Å². The van der Waals surface area contributed by atoms with E-state index in [4.69, 9.17) is 4.74 Å². The molecule has 0 atom stereocenters. The van der Waals surface area contributed by atoms with Crippen molar-refractivity contribution in [3.05, 3.63) is 72.1 Å². The molecule has 2 N–H and O–H groups in total. The lowest BCUT2D eigenvalue weighted by Crippen LogP contribution is -2.18. The molecule has 8 nitrogen and oxygen atoms in total. The average Bonchev–Trinajstić information content (AvgIpc) is 2.75. The zero-order chi connectivity index (χ0) is 20.2. The number of rotatable bonds is 5. The highest BCUT2D eigenvalue weighted by Crippen LogP contribution is 2.25. The van der Waals surface area contributed by atoms with Gasteiger partial charge in [-0.3, -0.25) is 9.78 Å². The number of aromatic nitrogens is 4. The topological polar surface area (TPSA) is 102 Å². The number of hydrogen-bond donors (Lipinski definition) is 2. The minimum Gasteiger partial charge on any atom is -0.457 e. The SMILES string of the molecule is CNC(=O)c1cc(Oc2ccc3nnc(Nc4ccc(C)cc4)nc3c2)ccn1. The number of benzene rings is 2. The molecule has 4 aromatic rings. The van der Waals surface area contributed by atoms with Gasteiger partial charge < -0.3 is 15.4 Å². The summed E-state index contributed by atoms with van der Waals surface area (Å²) in [5.74, 6) is 1.17. The summed E-state index contributed by atoms with van der Waals surface area (Å²) in [5.41, 5.74) is 3.60. The second-order valence-electron chi connectivity index (χ2n) is 6.33. The first kappa shape index (κ1) is 18.3. The van der Waals surface area contributed by atoms with E-state index in [1.807, 2.05) is 31.2 Å². The Morgan fingerprint density at radius 2 is 1.72 bits per heavy atom. The molecule has 0 spiro atoms. The summed E-state index contributed by atoms with van der Waals surface area (Å²) in [6.45, 7) is 2.03. The van der Waals surface area contributed by atoms with Crippen LogP contribution in [0.2, 0.25) is 0 Å².